The summed E-state index contributed by atoms with van der Waals surface area (Å²) >= 11 is 0. The fourth-order valence-electron chi connectivity index (χ4n) is 1.95. The lowest BCUT2D eigenvalue weighted by Gasteiger charge is -2.18. The normalized spacial score (nSPS) is 29.2. The minimum atomic E-state index is -3.22. The first-order chi connectivity index (χ1) is 8.80. The Morgan fingerprint density at radius 2 is 2.11 bits per heavy atom. The van der Waals surface area contributed by atoms with Gasteiger partial charge in [-0.15, -0.1) is 0 Å². The van der Waals surface area contributed by atoms with Crippen LogP contribution < -0.4 is 0 Å². The summed E-state index contributed by atoms with van der Waals surface area (Å²) in [5, 5.41) is 9.44. The quantitative estimate of drug-likeness (QED) is 0.855. The fourth-order valence-corrected chi connectivity index (χ4v) is 1.95. The van der Waals surface area contributed by atoms with Crippen molar-refractivity contribution >= 4 is 5.97 Å². The molecule has 2 rings (SSSR count). The molecule has 4 nitrogen and oxygen atoms in total. The topological polar surface area (TPSA) is 55.8 Å². The van der Waals surface area contributed by atoms with E-state index < -0.39 is 36.8 Å². The van der Waals surface area contributed by atoms with Crippen LogP contribution >= 0.6 is 0 Å². The number of alkyl halides is 2. The first kappa shape index (κ1) is 13.9. The number of rotatable bonds is 3. The first-order valence-corrected chi connectivity index (χ1v) is 5.80. The molecule has 104 valence electrons. The minimum Gasteiger partial charge on any atom is -0.459 e. The number of carbonyl (C=O) groups excluding carboxylic acids is 1. The van der Waals surface area contributed by atoms with Crippen LogP contribution in [-0.4, -0.2) is 35.5 Å². The largest absolute Gasteiger partial charge is 0.459 e. The van der Waals surface area contributed by atoms with Crippen LogP contribution in [0.15, 0.2) is 30.3 Å². The van der Waals surface area contributed by atoms with E-state index in [4.69, 9.17) is 9.47 Å². The number of hydrogen-bond acceptors (Lipinski definition) is 4. The van der Waals surface area contributed by atoms with E-state index in [0.29, 0.717) is 0 Å². The van der Waals surface area contributed by atoms with Crippen molar-refractivity contribution in [3.63, 3.8) is 0 Å². The van der Waals surface area contributed by atoms with E-state index in [2.05, 4.69) is 0 Å². The molecule has 0 aromatic heterocycles. The smallest absolute Gasteiger partial charge is 0.338 e. The number of esters is 1. The number of halogens is 2. The van der Waals surface area contributed by atoms with Crippen LogP contribution in [0.4, 0.5) is 8.78 Å². The Kier molecular flexibility index (Phi) is 3.56. The monoisotopic (exact) mass is 272 g/mol. The van der Waals surface area contributed by atoms with Crippen LogP contribution in [-0.2, 0) is 9.47 Å². The van der Waals surface area contributed by atoms with Crippen LogP contribution in [0.3, 0.4) is 0 Å². The third kappa shape index (κ3) is 3.27. The molecule has 1 aromatic carbocycles. The van der Waals surface area contributed by atoms with Gasteiger partial charge in [0.05, 0.1) is 12.0 Å². The van der Waals surface area contributed by atoms with E-state index >= 15 is 0 Å². The second-order valence-corrected chi connectivity index (χ2v) is 4.68. The summed E-state index contributed by atoms with van der Waals surface area (Å²) in [6.45, 7) is 0.552. The maximum atomic E-state index is 13.5. The SMILES string of the molecule is C[C@@]1(O)CC(F)(F)[C@H](COC(=O)c2ccccc2)O1. The Morgan fingerprint density at radius 1 is 1.47 bits per heavy atom. The van der Waals surface area contributed by atoms with Gasteiger partial charge < -0.3 is 14.6 Å². The molecule has 1 fully saturated rings. The molecule has 0 bridgehead atoms. The highest BCUT2D eigenvalue weighted by Gasteiger charge is 2.55. The molecule has 1 heterocycles. The molecule has 0 radical (unpaired) electrons. The molecule has 1 saturated heterocycles. The van der Waals surface area contributed by atoms with Crippen molar-refractivity contribution in [3.05, 3.63) is 35.9 Å². The van der Waals surface area contributed by atoms with Gasteiger partial charge in [-0.05, 0) is 19.1 Å². The molecule has 0 unspecified atom stereocenters. The highest BCUT2D eigenvalue weighted by atomic mass is 19.3. The lowest BCUT2D eigenvalue weighted by molar-refractivity contribution is -0.190. The second-order valence-electron chi connectivity index (χ2n) is 4.68. The van der Waals surface area contributed by atoms with Crippen LogP contribution in [0.25, 0.3) is 0 Å². The second kappa shape index (κ2) is 4.86. The summed E-state index contributed by atoms with van der Waals surface area (Å²) in [6.07, 6.45) is -2.44. The Bertz CT molecular complexity index is 459. The Morgan fingerprint density at radius 3 is 2.63 bits per heavy atom. The van der Waals surface area contributed by atoms with E-state index in [9.17, 15) is 18.7 Å². The van der Waals surface area contributed by atoms with Gasteiger partial charge >= 0.3 is 5.97 Å². The summed E-state index contributed by atoms with van der Waals surface area (Å²) in [5.74, 6) is -5.82. The molecule has 2 atom stereocenters. The summed E-state index contributed by atoms with van der Waals surface area (Å²) in [6, 6.07) is 8.05. The zero-order chi connectivity index (χ0) is 14.1. The van der Waals surface area contributed by atoms with Gasteiger partial charge in [-0.1, -0.05) is 18.2 Å². The van der Waals surface area contributed by atoms with Gasteiger partial charge in [0.25, 0.3) is 5.92 Å². The van der Waals surface area contributed by atoms with Crippen molar-refractivity contribution in [1.29, 1.82) is 0 Å². The molecule has 1 aromatic rings. The molecule has 1 aliphatic rings. The van der Waals surface area contributed by atoms with Crippen LogP contribution in [0.5, 0.6) is 0 Å². The molecule has 0 spiro atoms. The van der Waals surface area contributed by atoms with Gasteiger partial charge in [-0.2, -0.15) is 0 Å². The van der Waals surface area contributed by atoms with E-state index in [-0.39, 0.29) is 5.56 Å². The van der Waals surface area contributed by atoms with Gasteiger partial charge in [0.1, 0.15) is 6.61 Å². The van der Waals surface area contributed by atoms with Gasteiger partial charge in [0, 0.05) is 0 Å². The third-order valence-corrected chi connectivity index (χ3v) is 2.81. The van der Waals surface area contributed by atoms with E-state index in [1.807, 2.05) is 0 Å². The maximum absolute atomic E-state index is 13.5. The highest BCUT2D eigenvalue weighted by Crippen LogP contribution is 2.40. The first-order valence-electron chi connectivity index (χ1n) is 5.80. The molecule has 0 saturated carbocycles. The fraction of sp³-hybridized carbons (Fsp3) is 0.462. The van der Waals surface area contributed by atoms with Gasteiger partial charge in [0.15, 0.2) is 11.9 Å². The van der Waals surface area contributed by atoms with E-state index in [1.54, 1.807) is 18.2 Å². The molecule has 1 aliphatic heterocycles. The molecule has 0 amide bonds. The maximum Gasteiger partial charge on any atom is 0.338 e. The summed E-state index contributed by atoms with van der Waals surface area (Å²) in [5.41, 5.74) is 0.274. The van der Waals surface area contributed by atoms with Crippen LogP contribution in [0.2, 0.25) is 0 Å². The van der Waals surface area contributed by atoms with E-state index in [1.165, 1.54) is 12.1 Å². The summed E-state index contributed by atoms with van der Waals surface area (Å²) in [7, 11) is 0. The molecular formula is C13H14F2O4. The average molecular weight is 272 g/mol. The van der Waals surface area contributed by atoms with Gasteiger partial charge in [-0.3, -0.25) is 0 Å². The van der Waals surface area contributed by atoms with Crippen molar-refractivity contribution in [1.82, 2.24) is 0 Å². The Labute approximate surface area is 108 Å². The number of aliphatic hydroxyl groups is 1. The van der Waals surface area contributed by atoms with Crippen molar-refractivity contribution in [2.75, 3.05) is 6.61 Å². The van der Waals surface area contributed by atoms with Gasteiger partial charge in [0.2, 0.25) is 0 Å². The summed E-state index contributed by atoms with van der Waals surface area (Å²) in [4.78, 5) is 11.6. The molecule has 0 aliphatic carbocycles. The number of ether oxygens (including phenoxy) is 2. The van der Waals surface area contributed by atoms with Crippen molar-refractivity contribution in [2.45, 2.75) is 31.2 Å². The predicted octanol–water partition coefficient (Wildman–Crippen LogP) is 1.98. The molecule has 6 heteroatoms. The number of benzene rings is 1. The zero-order valence-corrected chi connectivity index (χ0v) is 10.3. The third-order valence-electron chi connectivity index (χ3n) is 2.81. The lowest BCUT2D eigenvalue weighted by atomic mass is 10.1. The molecular weight excluding hydrogens is 258 g/mol. The van der Waals surface area contributed by atoms with Gasteiger partial charge in [-0.25, -0.2) is 13.6 Å². The number of carbonyl (C=O) groups is 1. The van der Waals surface area contributed by atoms with Crippen molar-refractivity contribution < 1.29 is 28.2 Å². The predicted molar refractivity (Wildman–Crippen MR) is 61.8 cm³/mol. The zero-order valence-electron chi connectivity index (χ0n) is 10.3. The molecule has 1 N–H and O–H groups in total. The standard InChI is InChI=1S/C13H14F2O4/c1-12(17)8-13(14,15)10(19-12)7-18-11(16)9-5-3-2-4-6-9/h2-6,10,17H,7-8H2,1H3/t10-,12-/m0/s1. The minimum absolute atomic E-state index is 0.274. The Hall–Kier alpha value is -1.53. The Balaban J connectivity index is 1.95. The van der Waals surface area contributed by atoms with Crippen molar-refractivity contribution in [2.24, 2.45) is 0 Å². The van der Waals surface area contributed by atoms with Crippen LogP contribution in [0.1, 0.15) is 23.7 Å². The number of hydrogen-bond donors (Lipinski definition) is 1. The average Bonchev–Trinajstić information content (AvgIpc) is 2.55. The lowest BCUT2D eigenvalue weighted by Crippen LogP contribution is -2.33. The molecule has 19 heavy (non-hydrogen) atoms. The summed E-state index contributed by atoms with van der Waals surface area (Å²) < 4.78 is 36.5. The van der Waals surface area contributed by atoms with Crippen LogP contribution in [0, 0.1) is 0 Å². The highest BCUT2D eigenvalue weighted by molar-refractivity contribution is 5.89. The van der Waals surface area contributed by atoms with E-state index in [0.717, 1.165) is 6.92 Å². The van der Waals surface area contributed by atoms with Crippen molar-refractivity contribution in [3.8, 4) is 0 Å².